The van der Waals surface area contributed by atoms with Gasteiger partial charge in [-0.15, -0.1) is 0 Å². The summed E-state index contributed by atoms with van der Waals surface area (Å²) in [5.74, 6) is 1.59. The molecule has 0 bridgehead atoms. The highest BCUT2D eigenvalue weighted by molar-refractivity contribution is 5.67. The van der Waals surface area contributed by atoms with Crippen LogP contribution in [0.25, 0.3) is 0 Å². The van der Waals surface area contributed by atoms with E-state index in [-0.39, 0.29) is 17.6 Å². The minimum atomic E-state index is -0.487. The lowest BCUT2D eigenvalue weighted by Gasteiger charge is -2.35. The highest BCUT2D eigenvalue weighted by Gasteiger charge is 2.52. The van der Waals surface area contributed by atoms with Crippen LogP contribution in [0.4, 0.5) is 4.79 Å². The Morgan fingerprint density at radius 3 is 2.94 bits per heavy atom. The van der Waals surface area contributed by atoms with Crippen LogP contribution in [-0.4, -0.2) is 60.7 Å². The number of hydrogen-bond donors (Lipinski definition) is 2. The SMILES string of the molecule is COc1ccc2c3c1O[C@H]1C[C@@H](O)C=C[C@@]31CCN(CCCNC(=O)OC(C)(C)C)C2. The van der Waals surface area contributed by atoms with Gasteiger partial charge < -0.3 is 24.6 Å². The zero-order chi connectivity index (χ0) is 22.2. The highest BCUT2D eigenvalue weighted by Crippen LogP contribution is 2.55. The van der Waals surface area contributed by atoms with E-state index in [9.17, 15) is 9.90 Å². The molecule has 170 valence electrons. The van der Waals surface area contributed by atoms with Gasteiger partial charge in [0, 0.05) is 31.6 Å². The maximum Gasteiger partial charge on any atom is 0.407 e. The maximum absolute atomic E-state index is 11.9. The normalized spacial score (nSPS) is 27.0. The lowest BCUT2D eigenvalue weighted by Crippen LogP contribution is -2.43. The lowest BCUT2D eigenvalue weighted by molar-refractivity contribution is 0.0524. The molecule has 0 unspecified atom stereocenters. The summed E-state index contributed by atoms with van der Waals surface area (Å²) in [5, 5.41) is 13.0. The van der Waals surface area contributed by atoms with E-state index in [2.05, 4.69) is 22.4 Å². The minimum Gasteiger partial charge on any atom is -0.493 e. The number of nitrogens with zero attached hydrogens (tertiary/aromatic N) is 1. The molecule has 4 rings (SSSR count). The summed E-state index contributed by atoms with van der Waals surface area (Å²) in [5.41, 5.74) is 1.76. The number of alkyl carbamates (subject to hydrolysis) is 1. The fourth-order valence-corrected chi connectivity index (χ4v) is 4.99. The van der Waals surface area contributed by atoms with Crippen LogP contribution in [0.5, 0.6) is 11.5 Å². The summed E-state index contributed by atoms with van der Waals surface area (Å²) in [6.45, 7) is 8.79. The van der Waals surface area contributed by atoms with Gasteiger partial charge in [-0.05, 0) is 51.8 Å². The fourth-order valence-electron chi connectivity index (χ4n) is 4.99. The summed E-state index contributed by atoms with van der Waals surface area (Å²) in [4.78, 5) is 14.3. The molecule has 7 heteroatoms. The van der Waals surface area contributed by atoms with Crippen LogP contribution >= 0.6 is 0 Å². The molecule has 2 aliphatic heterocycles. The second kappa shape index (κ2) is 8.36. The van der Waals surface area contributed by atoms with Gasteiger partial charge in [0.05, 0.1) is 18.6 Å². The van der Waals surface area contributed by atoms with Gasteiger partial charge in [0.25, 0.3) is 0 Å². The topological polar surface area (TPSA) is 80.3 Å². The number of rotatable bonds is 5. The van der Waals surface area contributed by atoms with E-state index < -0.39 is 11.7 Å². The number of hydrogen-bond acceptors (Lipinski definition) is 6. The quantitative estimate of drug-likeness (QED) is 0.552. The molecular weight excluding hydrogens is 396 g/mol. The van der Waals surface area contributed by atoms with Gasteiger partial charge in [0.1, 0.15) is 11.7 Å². The van der Waals surface area contributed by atoms with E-state index in [1.807, 2.05) is 32.9 Å². The first-order valence-electron chi connectivity index (χ1n) is 11.2. The third-order valence-corrected chi connectivity index (χ3v) is 6.35. The van der Waals surface area contributed by atoms with E-state index in [1.165, 1.54) is 11.1 Å². The molecule has 2 heterocycles. The number of amides is 1. The summed E-state index contributed by atoms with van der Waals surface area (Å²) >= 11 is 0. The predicted octanol–water partition coefficient (Wildman–Crippen LogP) is 3.14. The molecule has 3 atom stereocenters. The van der Waals surface area contributed by atoms with Crippen molar-refractivity contribution >= 4 is 6.09 Å². The Morgan fingerprint density at radius 1 is 1.39 bits per heavy atom. The first-order valence-corrected chi connectivity index (χ1v) is 11.2. The summed E-state index contributed by atoms with van der Waals surface area (Å²) < 4.78 is 17.2. The molecule has 0 saturated heterocycles. The first kappa shape index (κ1) is 22.0. The molecule has 0 radical (unpaired) electrons. The van der Waals surface area contributed by atoms with Gasteiger partial charge in [0.15, 0.2) is 11.5 Å². The van der Waals surface area contributed by atoms with Crippen LogP contribution in [0.15, 0.2) is 24.3 Å². The Bertz CT molecular complexity index is 862. The van der Waals surface area contributed by atoms with Crippen molar-refractivity contribution in [2.24, 2.45) is 0 Å². The van der Waals surface area contributed by atoms with E-state index in [4.69, 9.17) is 14.2 Å². The largest absolute Gasteiger partial charge is 0.493 e. The number of aliphatic hydroxyl groups is 1. The molecule has 2 N–H and O–H groups in total. The van der Waals surface area contributed by atoms with E-state index in [1.54, 1.807) is 7.11 Å². The molecular formula is C24H34N2O5. The summed E-state index contributed by atoms with van der Waals surface area (Å²) in [7, 11) is 1.67. The van der Waals surface area contributed by atoms with E-state index >= 15 is 0 Å². The van der Waals surface area contributed by atoms with Crippen LogP contribution < -0.4 is 14.8 Å². The minimum absolute atomic E-state index is 0.0775. The molecule has 31 heavy (non-hydrogen) atoms. The van der Waals surface area contributed by atoms with Gasteiger partial charge >= 0.3 is 6.09 Å². The molecule has 1 aromatic carbocycles. The van der Waals surface area contributed by atoms with Gasteiger partial charge in [-0.3, -0.25) is 4.90 Å². The molecule has 1 amide bonds. The molecule has 3 aliphatic rings. The number of carbonyl (C=O) groups is 1. The number of carbonyl (C=O) groups excluding carboxylic acids is 1. The van der Waals surface area contributed by atoms with Crippen LogP contribution in [0, 0.1) is 0 Å². The van der Waals surface area contributed by atoms with Crippen molar-refractivity contribution < 1.29 is 24.1 Å². The fraction of sp³-hybridized carbons (Fsp3) is 0.625. The molecule has 1 aliphatic carbocycles. The second-order valence-corrected chi connectivity index (χ2v) is 9.75. The molecule has 0 fully saturated rings. The van der Waals surface area contributed by atoms with Crippen LogP contribution in [0.1, 0.15) is 51.2 Å². The predicted molar refractivity (Wildman–Crippen MR) is 118 cm³/mol. The third kappa shape index (κ3) is 4.39. The van der Waals surface area contributed by atoms with Crippen molar-refractivity contribution in [2.75, 3.05) is 26.7 Å². The molecule has 0 aromatic heterocycles. The Labute approximate surface area is 184 Å². The van der Waals surface area contributed by atoms with Crippen molar-refractivity contribution in [1.29, 1.82) is 0 Å². The zero-order valence-corrected chi connectivity index (χ0v) is 18.9. The van der Waals surface area contributed by atoms with Gasteiger partial charge in [-0.25, -0.2) is 4.79 Å². The van der Waals surface area contributed by atoms with Crippen molar-refractivity contribution in [3.8, 4) is 11.5 Å². The van der Waals surface area contributed by atoms with Gasteiger partial charge in [-0.2, -0.15) is 0 Å². The average Bonchev–Trinajstić information content (AvgIpc) is 2.93. The van der Waals surface area contributed by atoms with Crippen molar-refractivity contribution in [1.82, 2.24) is 10.2 Å². The van der Waals surface area contributed by atoms with Crippen molar-refractivity contribution in [3.05, 3.63) is 35.4 Å². The Balaban J connectivity index is 1.46. The number of nitrogens with one attached hydrogen (secondary N) is 1. The number of benzene rings is 1. The Kier molecular flexibility index (Phi) is 5.92. The Morgan fingerprint density at radius 2 is 2.19 bits per heavy atom. The standard InChI is InChI=1S/C24H34N2O5/c1-23(2,3)31-22(28)25-11-5-12-26-13-10-24-9-8-17(27)14-19(24)30-21-18(29-4)7-6-16(15-26)20(21)24/h6-9,17,19,27H,5,10-15H2,1-4H3,(H,25,28)/t17-,19-,24-/m0/s1. The highest BCUT2D eigenvalue weighted by atomic mass is 16.6. The number of methoxy groups -OCH3 is 1. The molecule has 1 spiro atoms. The lowest BCUT2D eigenvalue weighted by atomic mass is 9.69. The molecule has 1 aromatic rings. The number of aliphatic hydroxyl groups excluding tert-OH is 1. The second-order valence-electron chi connectivity index (χ2n) is 9.75. The third-order valence-electron chi connectivity index (χ3n) is 6.35. The van der Waals surface area contributed by atoms with Gasteiger partial charge in [-0.1, -0.05) is 18.2 Å². The van der Waals surface area contributed by atoms with Crippen molar-refractivity contribution in [3.63, 3.8) is 0 Å². The van der Waals surface area contributed by atoms with Crippen LogP contribution in [0.2, 0.25) is 0 Å². The van der Waals surface area contributed by atoms with Gasteiger partial charge in [0.2, 0.25) is 0 Å². The van der Waals surface area contributed by atoms with E-state index in [0.717, 1.165) is 44.0 Å². The Hall–Kier alpha value is -2.25. The summed E-state index contributed by atoms with van der Waals surface area (Å²) in [6.07, 6.45) is 5.51. The zero-order valence-electron chi connectivity index (χ0n) is 18.9. The monoisotopic (exact) mass is 430 g/mol. The summed E-state index contributed by atoms with van der Waals surface area (Å²) in [6, 6.07) is 4.12. The first-order chi connectivity index (χ1) is 14.7. The van der Waals surface area contributed by atoms with Crippen LogP contribution in [0.3, 0.4) is 0 Å². The molecule has 7 nitrogen and oxygen atoms in total. The maximum atomic E-state index is 11.9. The van der Waals surface area contributed by atoms with Crippen LogP contribution in [-0.2, 0) is 16.7 Å². The average molecular weight is 431 g/mol. The molecule has 0 saturated carbocycles. The van der Waals surface area contributed by atoms with E-state index in [0.29, 0.717) is 13.0 Å². The van der Waals surface area contributed by atoms with Crippen molar-refractivity contribution in [2.45, 2.75) is 69.8 Å². The smallest absolute Gasteiger partial charge is 0.407 e. The number of ether oxygens (including phenoxy) is 3.